The maximum absolute atomic E-state index is 12.4. The summed E-state index contributed by atoms with van der Waals surface area (Å²) in [4.78, 5) is 10.6. The monoisotopic (exact) mass is 308 g/mol. The van der Waals surface area contributed by atoms with Crippen molar-refractivity contribution in [2.75, 3.05) is 26.4 Å². The molecule has 0 radical (unpaired) electrons. The van der Waals surface area contributed by atoms with Gasteiger partial charge in [0.1, 0.15) is 6.61 Å². The smallest absolute Gasteiger partial charge is 0.459 e. The molecule has 0 N–H and O–H groups in total. The Morgan fingerprint density at radius 2 is 1.40 bits per heavy atom. The highest BCUT2D eigenvalue weighted by atomic mass is 19.4. The molecule has 0 aliphatic carbocycles. The third-order valence-corrected chi connectivity index (χ3v) is 1.84. The maximum atomic E-state index is 12.4. The molecule has 20 heavy (non-hydrogen) atoms. The number of ether oxygens (including phenoxy) is 3. The molecule has 0 fully saturated rings. The minimum absolute atomic E-state index is 0.102. The molecule has 9 heteroatoms. The van der Waals surface area contributed by atoms with E-state index in [1.807, 2.05) is 20.8 Å². The average molecular weight is 308 g/mol. The molecule has 0 saturated heterocycles. The van der Waals surface area contributed by atoms with Crippen LogP contribution in [0.5, 0.6) is 0 Å². The molecule has 0 bridgehead atoms. The second-order valence-corrected chi connectivity index (χ2v) is 4.78. The van der Waals surface area contributed by atoms with Crippen LogP contribution in [-0.2, 0) is 19.0 Å². The fourth-order valence-corrected chi connectivity index (χ4v) is 0.908. The number of carbonyl (C=O) groups is 1. The summed E-state index contributed by atoms with van der Waals surface area (Å²) in [6, 6.07) is 0. The van der Waals surface area contributed by atoms with Crippen LogP contribution in [0.2, 0.25) is 0 Å². The number of alkyl halides is 5. The molecule has 0 spiro atoms. The lowest BCUT2D eigenvalue weighted by Gasteiger charge is -2.19. The maximum Gasteiger partial charge on any atom is 0.465 e. The molecule has 0 aromatic rings. The zero-order valence-electron chi connectivity index (χ0n) is 11.4. The number of halogens is 5. The Kier molecular flexibility index (Phi) is 6.82. The molecule has 120 valence electrons. The second kappa shape index (κ2) is 7.16. The van der Waals surface area contributed by atoms with Crippen molar-refractivity contribution in [2.24, 2.45) is 0 Å². The Balaban J connectivity index is 3.79. The molecule has 0 aromatic heterocycles. The highest BCUT2D eigenvalue weighted by Crippen LogP contribution is 2.36. The van der Waals surface area contributed by atoms with Crippen LogP contribution in [0.3, 0.4) is 0 Å². The number of carbonyl (C=O) groups excluding carboxylic acids is 1. The lowest BCUT2D eigenvalue weighted by Crippen LogP contribution is -2.45. The van der Waals surface area contributed by atoms with Crippen molar-refractivity contribution >= 4 is 5.97 Å². The minimum atomic E-state index is -5.97. The van der Waals surface area contributed by atoms with Gasteiger partial charge < -0.3 is 14.2 Å². The van der Waals surface area contributed by atoms with Gasteiger partial charge in [0.25, 0.3) is 0 Å². The van der Waals surface area contributed by atoms with Crippen molar-refractivity contribution < 1.29 is 41.0 Å². The highest BCUT2D eigenvalue weighted by Gasteiger charge is 2.64. The summed E-state index contributed by atoms with van der Waals surface area (Å²) in [5.74, 6) is -8.15. The van der Waals surface area contributed by atoms with Gasteiger partial charge in [-0.2, -0.15) is 22.0 Å². The third kappa shape index (κ3) is 6.99. The molecule has 0 amide bonds. The van der Waals surface area contributed by atoms with Gasteiger partial charge in [0.15, 0.2) is 0 Å². The van der Waals surface area contributed by atoms with E-state index in [1.54, 1.807) is 0 Å². The number of esters is 1. The zero-order valence-corrected chi connectivity index (χ0v) is 11.4. The molecule has 0 saturated carbocycles. The molecule has 0 aromatic carbocycles. The standard InChI is InChI=1S/C11H17F5O4/c1-9(2,3)20-7-5-18-4-6-19-8(17)10(12,13)11(14,15)16/h4-7H2,1-3H3. The van der Waals surface area contributed by atoms with Crippen LogP contribution in [0.15, 0.2) is 0 Å². The van der Waals surface area contributed by atoms with Gasteiger partial charge in [-0.05, 0) is 20.8 Å². The summed E-state index contributed by atoms with van der Waals surface area (Å²) in [5.41, 5.74) is -0.370. The molecule has 0 unspecified atom stereocenters. The summed E-state index contributed by atoms with van der Waals surface area (Å²) in [7, 11) is 0. The summed E-state index contributed by atoms with van der Waals surface area (Å²) in [6.45, 7) is 4.77. The van der Waals surface area contributed by atoms with Crippen LogP contribution in [0.4, 0.5) is 22.0 Å². The van der Waals surface area contributed by atoms with Crippen LogP contribution in [0.1, 0.15) is 20.8 Å². The normalized spacial score (nSPS) is 13.4. The Morgan fingerprint density at radius 3 is 1.85 bits per heavy atom. The number of rotatable bonds is 7. The van der Waals surface area contributed by atoms with E-state index in [-0.39, 0.29) is 25.4 Å². The molecule has 0 rings (SSSR count). The molecule has 0 aliphatic rings. The van der Waals surface area contributed by atoms with E-state index in [9.17, 15) is 26.7 Å². The molecule has 4 nitrogen and oxygen atoms in total. The summed E-state index contributed by atoms with van der Waals surface area (Å²) >= 11 is 0. The van der Waals surface area contributed by atoms with E-state index in [4.69, 9.17) is 9.47 Å². The van der Waals surface area contributed by atoms with Gasteiger partial charge >= 0.3 is 18.1 Å². The van der Waals surface area contributed by atoms with Crippen molar-refractivity contribution in [1.29, 1.82) is 0 Å². The van der Waals surface area contributed by atoms with Gasteiger partial charge in [-0.3, -0.25) is 0 Å². The van der Waals surface area contributed by atoms with Crippen LogP contribution < -0.4 is 0 Å². The fourth-order valence-electron chi connectivity index (χ4n) is 0.908. The Morgan fingerprint density at radius 1 is 0.900 bits per heavy atom. The quantitative estimate of drug-likeness (QED) is 0.412. The molecule has 0 heterocycles. The van der Waals surface area contributed by atoms with Gasteiger partial charge in [-0.1, -0.05) is 0 Å². The minimum Gasteiger partial charge on any atom is -0.459 e. The molecule has 0 aliphatic heterocycles. The summed E-state index contributed by atoms with van der Waals surface area (Å²) < 4.78 is 74.1. The van der Waals surface area contributed by atoms with Gasteiger partial charge in [0.05, 0.1) is 25.4 Å². The van der Waals surface area contributed by atoms with E-state index < -0.39 is 24.7 Å². The van der Waals surface area contributed by atoms with Gasteiger partial charge in [0, 0.05) is 0 Å². The van der Waals surface area contributed by atoms with Crippen LogP contribution in [0.25, 0.3) is 0 Å². The largest absolute Gasteiger partial charge is 0.465 e. The van der Waals surface area contributed by atoms with Crippen molar-refractivity contribution in [3.63, 3.8) is 0 Å². The lowest BCUT2D eigenvalue weighted by atomic mass is 10.2. The predicted molar refractivity (Wildman–Crippen MR) is 58.5 cm³/mol. The molecule has 0 atom stereocenters. The fraction of sp³-hybridized carbons (Fsp3) is 0.909. The molecular weight excluding hydrogens is 291 g/mol. The first kappa shape index (κ1) is 19.0. The van der Waals surface area contributed by atoms with Crippen molar-refractivity contribution in [3.05, 3.63) is 0 Å². The topological polar surface area (TPSA) is 44.8 Å². The van der Waals surface area contributed by atoms with E-state index in [0.717, 1.165) is 0 Å². The van der Waals surface area contributed by atoms with E-state index in [0.29, 0.717) is 0 Å². The number of hydrogen-bond acceptors (Lipinski definition) is 4. The average Bonchev–Trinajstić information content (AvgIpc) is 2.24. The molecular formula is C11H17F5O4. The first-order valence-electron chi connectivity index (χ1n) is 5.71. The summed E-state index contributed by atoms with van der Waals surface area (Å²) in [6.07, 6.45) is -5.97. The van der Waals surface area contributed by atoms with Crippen molar-refractivity contribution in [2.45, 2.75) is 38.5 Å². The van der Waals surface area contributed by atoms with Crippen LogP contribution >= 0.6 is 0 Å². The van der Waals surface area contributed by atoms with Crippen LogP contribution in [0, 0.1) is 0 Å². The Labute approximate surface area is 113 Å². The number of hydrogen-bond donors (Lipinski definition) is 0. The highest BCUT2D eigenvalue weighted by molar-refractivity contribution is 5.78. The predicted octanol–water partition coefficient (Wildman–Crippen LogP) is 2.56. The van der Waals surface area contributed by atoms with Gasteiger partial charge in [-0.15, -0.1) is 0 Å². The van der Waals surface area contributed by atoms with Crippen LogP contribution in [-0.4, -0.2) is 50.1 Å². The van der Waals surface area contributed by atoms with Gasteiger partial charge in [-0.25, -0.2) is 4.79 Å². The van der Waals surface area contributed by atoms with Crippen molar-refractivity contribution in [1.82, 2.24) is 0 Å². The lowest BCUT2D eigenvalue weighted by molar-refractivity contribution is -0.280. The first-order chi connectivity index (χ1) is 8.88. The first-order valence-corrected chi connectivity index (χ1v) is 5.71. The second-order valence-electron chi connectivity index (χ2n) is 4.78. The van der Waals surface area contributed by atoms with E-state index >= 15 is 0 Å². The van der Waals surface area contributed by atoms with E-state index in [1.165, 1.54) is 0 Å². The third-order valence-electron chi connectivity index (χ3n) is 1.84. The van der Waals surface area contributed by atoms with Gasteiger partial charge in [0.2, 0.25) is 0 Å². The summed E-state index contributed by atoms with van der Waals surface area (Å²) in [5, 5.41) is 0. The zero-order chi connectivity index (χ0) is 16.0. The Hall–Kier alpha value is -0.960. The SMILES string of the molecule is CC(C)(C)OCCOCCOC(=O)C(F)(F)C(F)(F)F. The van der Waals surface area contributed by atoms with E-state index in [2.05, 4.69) is 4.74 Å². The Bertz CT molecular complexity index is 309. The van der Waals surface area contributed by atoms with Crippen molar-refractivity contribution in [3.8, 4) is 0 Å².